The second-order valence-corrected chi connectivity index (χ2v) is 9.90. The molecule has 1 aromatic carbocycles. The lowest BCUT2D eigenvalue weighted by molar-refractivity contribution is -0.135. The third-order valence-corrected chi connectivity index (χ3v) is 7.80. The van der Waals surface area contributed by atoms with Crippen molar-refractivity contribution in [2.45, 2.75) is 50.5 Å². The predicted molar refractivity (Wildman–Crippen MR) is 116 cm³/mol. The number of anilines is 2. The third kappa shape index (κ3) is 3.81. The molecule has 7 nitrogen and oxygen atoms in total. The van der Waals surface area contributed by atoms with E-state index in [-0.39, 0.29) is 30.1 Å². The van der Waals surface area contributed by atoms with Gasteiger partial charge in [-0.05, 0) is 56.9 Å². The molecule has 1 atom stereocenters. The molecule has 0 unspecified atom stereocenters. The van der Waals surface area contributed by atoms with Gasteiger partial charge in [-0.15, -0.1) is 0 Å². The number of nitrogens with zero attached hydrogens (tertiary/aromatic N) is 4. The first-order valence-corrected chi connectivity index (χ1v) is 11.9. The number of benzene rings is 1. The second kappa shape index (κ2) is 8.35. The number of amides is 1. The molecule has 1 fully saturated rings. The van der Waals surface area contributed by atoms with Crippen LogP contribution < -0.4 is 4.90 Å². The monoisotopic (exact) mass is 428 g/mol. The van der Waals surface area contributed by atoms with Crippen molar-refractivity contribution in [3.05, 3.63) is 48.2 Å². The van der Waals surface area contributed by atoms with Gasteiger partial charge in [0.2, 0.25) is 15.9 Å². The zero-order valence-electron chi connectivity index (χ0n) is 17.5. The largest absolute Gasteiger partial charge is 0.339 e. The Morgan fingerprint density at radius 2 is 1.93 bits per heavy atom. The Kier molecular flexibility index (Phi) is 5.79. The first kappa shape index (κ1) is 20.8. The summed E-state index contributed by atoms with van der Waals surface area (Å²) in [5, 5.41) is 0. The summed E-state index contributed by atoms with van der Waals surface area (Å²) in [4.78, 5) is 21.3. The molecule has 2 aliphatic heterocycles. The van der Waals surface area contributed by atoms with Gasteiger partial charge in [0.25, 0.3) is 0 Å². The van der Waals surface area contributed by atoms with Crippen molar-refractivity contribution in [1.29, 1.82) is 0 Å². The molecule has 8 heteroatoms. The van der Waals surface area contributed by atoms with Crippen LogP contribution >= 0.6 is 0 Å². The molecule has 1 saturated heterocycles. The topological polar surface area (TPSA) is 73.8 Å². The summed E-state index contributed by atoms with van der Waals surface area (Å²) < 4.78 is 27.9. The van der Waals surface area contributed by atoms with Gasteiger partial charge in [0.15, 0.2) is 5.82 Å². The SMILES string of the molecule is CC[C@H]1CCCCN1C(=O)CN1CN(c2ccc(C)cc2)c2ncccc2S1(=O)=O. The van der Waals surface area contributed by atoms with E-state index < -0.39 is 10.0 Å². The summed E-state index contributed by atoms with van der Waals surface area (Å²) >= 11 is 0. The van der Waals surface area contributed by atoms with Crippen molar-refractivity contribution >= 4 is 27.4 Å². The van der Waals surface area contributed by atoms with E-state index in [1.165, 1.54) is 4.31 Å². The van der Waals surface area contributed by atoms with Crippen LogP contribution in [-0.2, 0) is 14.8 Å². The highest BCUT2D eigenvalue weighted by atomic mass is 32.2. The maximum atomic E-state index is 13.3. The van der Waals surface area contributed by atoms with Crippen molar-refractivity contribution in [2.24, 2.45) is 0 Å². The minimum atomic E-state index is -3.81. The van der Waals surface area contributed by atoms with Gasteiger partial charge in [-0.25, -0.2) is 13.4 Å². The zero-order valence-corrected chi connectivity index (χ0v) is 18.3. The summed E-state index contributed by atoms with van der Waals surface area (Å²) in [6, 6.07) is 11.2. The van der Waals surface area contributed by atoms with E-state index in [0.717, 1.165) is 36.9 Å². The Morgan fingerprint density at radius 1 is 1.17 bits per heavy atom. The lowest BCUT2D eigenvalue weighted by atomic mass is 10.00. The van der Waals surface area contributed by atoms with E-state index in [4.69, 9.17) is 0 Å². The van der Waals surface area contributed by atoms with Crippen LogP contribution in [0.3, 0.4) is 0 Å². The average Bonchev–Trinajstić information content (AvgIpc) is 2.76. The molecule has 30 heavy (non-hydrogen) atoms. The van der Waals surface area contributed by atoms with Gasteiger partial charge in [0.05, 0.1) is 13.2 Å². The fourth-order valence-electron chi connectivity index (χ4n) is 4.28. The zero-order chi connectivity index (χ0) is 21.3. The molecule has 2 aliphatic rings. The summed E-state index contributed by atoms with van der Waals surface area (Å²) in [6.07, 6.45) is 5.55. The normalized spacial score (nSPS) is 21.3. The van der Waals surface area contributed by atoms with Crippen molar-refractivity contribution in [1.82, 2.24) is 14.2 Å². The van der Waals surface area contributed by atoms with Gasteiger partial charge in [0.1, 0.15) is 4.90 Å². The van der Waals surface area contributed by atoms with E-state index in [0.29, 0.717) is 12.4 Å². The highest BCUT2D eigenvalue weighted by Gasteiger charge is 2.39. The number of pyridine rings is 1. The minimum Gasteiger partial charge on any atom is -0.339 e. The molecule has 0 aliphatic carbocycles. The molecule has 0 N–H and O–H groups in total. The fourth-order valence-corrected chi connectivity index (χ4v) is 5.75. The highest BCUT2D eigenvalue weighted by molar-refractivity contribution is 7.89. The van der Waals surface area contributed by atoms with Crippen LogP contribution in [-0.4, -0.2) is 54.3 Å². The molecule has 4 rings (SSSR count). The van der Waals surface area contributed by atoms with Gasteiger partial charge in [0, 0.05) is 24.5 Å². The number of fused-ring (bicyclic) bond motifs is 1. The predicted octanol–water partition coefficient (Wildman–Crippen LogP) is 3.28. The van der Waals surface area contributed by atoms with Crippen LogP contribution in [0.15, 0.2) is 47.5 Å². The van der Waals surface area contributed by atoms with E-state index in [2.05, 4.69) is 11.9 Å². The molecule has 0 bridgehead atoms. The lowest BCUT2D eigenvalue weighted by Crippen LogP contribution is -2.52. The summed E-state index contributed by atoms with van der Waals surface area (Å²) in [7, 11) is -3.81. The van der Waals surface area contributed by atoms with Crippen LogP contribution in [0.1, 0.15) is 38.2 Å². The molecule has 160 valence electrons. The van der Waals surface area contributed by atoms with Crippen LogP contribution in [0.2, 0.25) is 0 Å². The minimum absolute atomic E-state index is 0.0613. The smallest absolute Gasteiger partial charge is 0.248 e. The molecule has 3 heterocycles. The molecule has 0 radical (unpaired) electrons. The van der Waals surface area contributed by atoms with Gasteiger partial charge in [-0.2, -0.15) is 4.31 Å². The number of carbonyl (C=O) groups is 1. The Morgan fingerprint density at radius 3 is 2.67 bits per heavy atom. The van der Waals surface area contributed by atoms with Gasteiger partial charge < -0.3 is 9.80 Å². The Bertz CT molecular complexity index is 1020. The number of aromatic nitrogens is 1. The van der Waals surface area contributed by atoms with Gasteiger partial charge >= 0.3 is 0 Å². The number of carbonyl (C=O) groups excluding carboxylic acids is 1. The van der Waals surface area contributed by atoms with E-state index >= 15 is 0 Å². The van der Waals surface area contributed by atoms with Crippen LogP contribution in [0.5, 0.6) is 0 Å². The second-order valence-electron chi connectivity index (χ2n) is 7.99. The standard InChI is InChI=1S/C22H28N4O3S/c1-3-18-7-4-5-14-25(18)21(27)15-24-16-26(19-11-9-17(2)10-12-19)22-20(30(24,28)29)8-6-13-23-22/h6,8-13,18H,3-5,7,14-16H2,1-2H3/t18-/m0/s1. The van der Waals surface area contributed by atoms with Crippen LogP contribution in [0.4, 0.5) is 11.5 Å². The summed E-state index contributed by atoms with van der Waals surface area (Å²) in [5.74, 6) is 0.274. The average molecular weight is 429 g/mol. The molecule has 2 aromatic rings. The molecule has 1 aromatic heterocycles. The van der Waals surface area contributed by atoms with Crippen LogP contribution in [0.25, 0.3) is 0 Å². The summed E-state index contributed by atoms with van der Waals surface area (Å²) in [6.45, 7) is 4.69. The number of hydrogen-bond donors (Lipinski definition) is 0. The lowest BCUT2D eigenvalue weighted by Gasteiger charge is -2.39. The molecule has 0 saturated carbocycles. The van der Waals surface area contributed by atoms with Gasteiger partial charge in [-0.3, -0.25) is 4.79 Å². The number of likely N-dealkylation sites (tertiary alicyclic amines) is 1. The van der Waals surface area contributed by atoms with Crippen molar-refractivity contribution in [2.75, 3.05) is 24.7 Å². The summed E-state index contributed by atoms with van der Waals surface area (Å²) in [5.41, 5.74) is 1.96. The van der Waals surface area contributed by atoms with E-state index in [9.17, 15) is 13.2 Å². The fraction of sp³-hybridized carbons (Fsp3) is 0.455. The Hall–Kier alpha value is -2.45. The quantitative estimate of drug-likeness (QED) is 0.747. The van der Waals surface area contributed by atoms with Crippen molar-refractivity contribution in [3.63, 3.8) is 0 Å². The van der Waals surface area contributed by atoms with E-state index in [1.54, 1.807) is 18.3 Å². The molecular formula is C22H28N4O3S. The first-order valence-electron chi connectivity index (χ1n) is 10.5. The van der Waals surface area contributed by atoms with Crippen molar-refractivity contribution in [3.8, 4) is 0 Å². The number of hydrogen-bond acceptors (Lipinski definition) is 5. The van der Waals surface area contributed by atoms with E-state index in [1.807, 2.05) is 41.0 Å². The molecule has 0 spiro atoms. The molecule has 1 amide bonds. The van der Waals surface area contributed by atoms with Gasteiger partial charge in [-0.1, -0.05) is 24.6 Å². The molecular weight excluding hydrogens is 400 g/mol. The number of aryl methyl sites for hydroxylation is 1. The Labute approximate surface area is 178 Å². The van der Waals surface area contributed by atoms with Crippen molar-refractivity contribution < 1.29 is 13.2 Å². The number of sulfonamides is 1. The number of piperidine rings is 1. The highest BCUT2D eigenvalue weighted by Crippen LogP contribution is 2.36. The maximum absolute atomic E-state index is 13.3. The first-order chi connectivity index (χ1) is 14.4. The Balaban J connectivity index is 1.67. The third-order valence-electron chi connectivity index (χ3n) is 6.00. The maximum Gasteiger partial charge on any atom is 0.248 e. The van der Waals surface area contributed by atoms with Crippen LogP contribution in [0, 0.1) is 6.92 Å². The number of rotatable bonds is 4.